The van der Waals surface area contributed by atoms with Gasteiger partial charge in [-0.3, -0.25) is 19.0 Å². The van der Waals surface area contributed by atoms with E-state index >= 15 is 0 Å². The Morgan fingerprint density at radius 2 is 1.67 bits per heavy atom. The molecule has 0 aliphatic carbocycles. The quantitative estimate of drug-likeness (QED) is 0.151. The highest BCUT2D eigenvalue weighted by atomic mass is 32.1. The Hall–Kier alpha value is -6.20. The van der Waals surface area contributed by atoms with Crippen LogP contribution >= 0.6 is 11.3 Å². The summed E-state index contributed by atoms with van der Waals surface area (Å²) in [5, 5.41) is 8.27. The van der Waals surface area contributed by atoms with Crippen molar-refractivity contribution in [3.05, 3.63) is 144 Å². The summed E-state index contributed by atoms with van der Waals surface area (Å²) in [6.07, 6.45) is 6.37. The smallest absolute Gasteiger partial charge is 0.253 e. The molecule has 0 fully saturated rings. The van der Waals surface area contributed by atoms with Crippen molar-refractivity contribution in [1.82, 2.24) is 29.2 Å². The molecule has 10 nitrogen and oxygen atoms in total. The van der Waals surface area contributed by atoms with Crippen LogP contribution in [-0.2, 0) is 17.6 Å². The number of carbonyl (C=O) groups excluding carboxylic acids is 2. The normalized spacial score (nSPS) is 11.0. The fourth-order valence-corrected chi connectivity index (χ4v) is 6.24. The van der Waals surface area contributed by atoms with Gasteiger partial charge >= 0.3 is 0 Å². The first-order valence-electron chi connectivity index (χ1n) is 15.8. The zero-order chi connectivity index (χ0) is 33.6. The molecule has 242 valence electrons. The summed E-state index contributed by atoms with van der Waals surface area (Å²) in [7, 11) is 1.79. The van der Waals surface area contributed by atoms with E-state index in [9.17, 15) is 9.59 Å². The van der Waals surface area contributed by atoms with Gasteiger partial charge in [0.05, 0.1) is 17.8 Å². The Kier molecular flexibility index (Phi) is 9.15. The van der Waals surface area contributed by atoms with Gasteiger partial charge in [0.1, 0.15) is 5.69 Å². The number of pyridine rings is 1. The van der Waals surface area contributed by atoms with Crippen molar-refractivity contribution in [3.63, 3.8) is 0 Å². The molecule has 2 amide bonds. The molecule has 4 aromatic heterocycles. The van der Waals surface area contributed by atoms with Gasteiger partial charge in [-0.2, -0.15) is 0 Å². The molecule has 0 spiro atoms. The first-order valence-corrected chi connectivity index (χ1v) is 16.6. The van der Waals surface area contributed by atoms with Crippen LogP contribution in [0.1, 0.15) is 21.6 Å². The van der Waals surface area contributed by atoms with Gasteiger partial charge in [0.25, 0.3) is 5.91 Å². The Morgan fingerprint density at radius 3 is 2.53 bits per heavy atom. The Bertz CT molecular complexity index is 2230. The molecule has 4 heterocycles. The predicted octanol–water partition coefficient (Wildman–Crippen LogP) is 7.15. The Morgan fingerprint density at radius 1 is 0.837 bits per heavy atom. The van der Waals surface area contributed by atoms with E-state index in [1.54, 1.807) is 36.5 Å². The summed E-state index contributed by atoms with van der Waals surface area (Å²) in [5.74, 6) is 0.197. The molecule has 0 aliphatic rings. The summed E-state index contributed by atoms with van der Waals surface area (Å²) >= 11 is 1.53. The summed E-state index contributed by atoms with van der Waals surface area (Å²) in [6, 6.07) is 32.3. The number of thiazole rings is 1. The van der Waals surface area contributed by atoms with Crippen molar-refractivity contribution >= 4 is 45.4 Å². The molecule has 0 radical (unpaired) electrons. The van der Waals surface area contributed by atoms with Crippen LogP contribution in [-0.4, -0.2) is 54.6 Å². The van der Waals surface area contributed by atoms with E-state index in [2.05, 4.69) is 20.6 Å². The van der Waals surface area contributed by atoms with Crippen LogP contribution < -0.4 is 10.6 Å². The average molecular weight is 665 g/mol. The van der Waals surface area contributed by atoms with E-state index in [4.69, 9.17) is 9.97 Å². The Balaban J connectivity index is 1.11. The molecular weight excluding hydrogens is 633 g/mol. The van der Waals surface area contributed by atoms with Gasteiger partial charge in [0.2, 0.25) is 11.9 Å². The number of benzene rings is 3. The average Bonchev–Trinajstić information content (AvgIpc) is 3.74. The van der Waals surface area contributed by atoms with Crippen LogP contribution in [0.5, 0.6) is 0 Å². The number of carbonyl (C=O) groups is 2. The third kappa shape index (κ3) is 7.37. The van der Waals surface area contributed by atoms with Crippen molar-refractivity contribution in [2.24, 2.45) is 0 Å². The lowest BCUT2D eigenvalue weighted by molar-refractivity contribution is -0.115. The van der Waals surface area contributed by atoms with Crippen LogP contribution in [0.25, 0.3) is 27.6 Å². The highest BCUT2D eigenvalue weighted by Crippen LogP contribution is 2.35. The topological polar surface area (TPSA) is 117 Å². The van der Waals surface area contributed by atoms with E-state index in [1.807, 2.05) is 107 Å². The molecule has 3 aromatic carbocycles. The minimum absolute atomic E-state index is 0.0866. The van der Waals surface area contributed by atoms with Crippen LogP contribution in [0.3, 0.4) is 0 Å². The molecule has 7 aromatic rings. The molecule has 0 aliphatic heterocycles. The van der Waals surface area contributed by atoms with Gasteiger partial charge in [-0.25, -0.2) is 15.0 Å². The number of rotatable bonds is 11. The number of nitrogens with one attached hydrogen (secondary N) is 2. The first kappa shape index (κ1) is 31.4. The number of hydrogen-bond acceptors (Lipinski definition) is 8. The molecule has 0 unspecified atom stereocenters. The fourth-order valence-electron chi connectivity index (χ4n) is 5.52. The van der Waals surface area contributed by atoms with Crippen molar-refractivity contribution < 1.29 is 9.59 Å². The molecule has 11 heteroatoms. The van der Waals surface area contributed by atoms with Gasteiger partial charge in [0.15, 0.2) is 4.96 Å². The second-order valence-corrected chi connectivity index (χ2v) is 12.3. The number of nitrogens with zero attached hydrogens (tertiary/aromatic N) is 6. The molecule has 0 bridgehead atoms. The molecule has 0 saturated heterocycles. The molecular formula is C38H32N8O2S. The van der Waals surface area contributed by atoms with E-state index in [0.717, 1.165) is 33.2 Å². The molecule has 49 heavy (non-hydrogen) atoms. The summed E-state index contributed by atoms with van der Waals surface area (Å²) in [6.45, 7) is 0.548. The zero-order valence-corrected chi connectivity index (χ0v) is 27.5. The van der Waals surface area contributed by atoms with Gasteiger partial charge in [-0.05, 0) is 54.1 Å². The second kappa shape index (κ2) is 14.3. The first-order chi connectivity index (χ1) is 24.0. The van der Waals surface area contributed by atoms with Gasteiger partial charge in [0, 0.05) is 72.2 Å². The summed E-state index contributed by atoms with van der Waals surface area (Å²) < 4.78 is 2.01. The maximum Gasteiger partial charge on any atom is 0.253 e. The molecule has 2 N–H and O–H groups in total. The van der Waals surface area contributed by atoms with Crippen molar-refractivity contribution in [1.29, 1.82) is 0 Å². The number of aromatic nitrogens is 5. The number of imidazole rings is 1. The van der Waals surface area contributed by atoms with Crippen molar-refractivity contribution in [2.75, 3.05) is 24.2 Å². The fraction of sp³-hybridized carbons (Fsp3) is 0.105. The highest BCUT2D eigenvalue weighted by Gasteiger charge is 2.20. The largest absolute Gasteiger partial charge is 0.341 e. The van der Waals surface area contributed by atoms with Crippen LogP contribution in [0.15, 0.2) is 127 Å². The summed E-state index contributed by atoms with van der Waals surface area (Å²) in [4.78, 5) is 47.2. The lowest BCUT2D eigenvalue weighted by Crippen LogP contribution is -2.29. The number of amides is 2. The number of fused-ring (bicyclic) bond motifs is 1. The lowest BCUT2D eigenvalue weighted by Gasteiger charge is -2.17. The monoisotopic (exact) mass is 664 g/mol. The van der Waals surface area contributed by atoms with Gasteiger partial charge < -0.3 is 15.5 Å². The second-order valence-electron chi connectivity index (χ2n) is 11.4. The lowest BCUT2D eigenvalue weighted by atomic mass is 10.1. The van der Waals surface area contributed by atoms with Crippen molar-refractivity contribution in [2.45, 2.75) is 12.8 Å². The van der Waals surface area contributed by atoms with E-state index < -0.39 is 0 Å². The summed E-state index contributed by atoms with van der Waals surface area (Å²) in [5.41, 5.74) is 6.85. The predicted molar refractivity (Wildman–Crippen MR) is 193 cm³/mol. The molecule has 7 rings (SSSR count). The van der Waals surface area contributed by atoms with E-state index in [0.29, 0.717) is 41.5 Å². The maximum atomic E-state index is 13.2. The van der Waals surface area contributed by atoms with Crippen LogP contribution in [0.2, 0.25) is 0 Å². The van der Waals surface area contributed by atoms with Gasteiger partial charge in [-0.15, -0.1) is 11.3 Å². The SMILES string of the molecule is CN(CCc1ccccn1)C(=O)c1cccc(Nc2nccc(-c3c(-c4cccc(NC(=O)Cc5ccccc5)c4)nc4sccn34)n2)c1. The molecule has 0 saturated carbocycles. The minimum atomic E-state index is -0.0946. The number of hydrogen-bond donors (Lipinski definition) is 2. The van der Waals surface area contributed by atoms with Gasteiger partial charge in [-0.1, -0.05) is 54.6 Å². The maximum absolute atomic E-state index is 13.2. The van der Waals surface area contributed by atoms with E-state index in [-0.39, 0.29) is 18.2 Å². The third-order valence-corrected chi connectivity index (χ3v) is 8.69. The van der Waals surface area contributed by atoms with Crippen LogP contribution in [0, 0.1) is 0 Å². The Labute approximate surface area is 287 Å². The number of anilines is 3. The standard InChI is InChI=1S/C38H32N8O2S/c1-45(20-17-29-13-5-6-18-39-29)36(48)28-12-8-15-31(25-28)42-37-40-19-16-32(43-37)35-34(44-38-46(35)21-22-49-38)27-11-7-14-30(24-27)41-33(47)23-26-9-3-2-4-10-26/h2-16,18-19,21-22,24-25H,17,20,23H2,1H3,(H,41,47)(H,40,42,43). The highest BCUT2D eigenvalue weighted by molar-refractivity contribution is 7.15. The zero-order valence-electron chi connectivity index (χ0n) is 26.7. The van der Waals surface area contributed by atoms with E-state index in [1.165, 1.54) is 11.3 Å². The van der Waals surface area contributed by atoms with Crippen molar-refractivity contribution in [3.8, 4) is 22.6 Å². The molecule has 0 atom stereocenters. The minimum Gasteiger partial charge on any atom is -0.341 e. The number of likely N-dealkylation sites (N-methyl/N-ethyl adjacent to an activating group) is 1. The third-order valence-electron chi connectivity index (χ3n) is 7.93. The van der Waals surface area contributed by atoms with Crippen LogP contribution in [0.4, 0.5) is 17.3 Å².